The van der Waals surface area contributed by atoms with Crippen LogP contribution in [0.15, 0.2) is 22.7 Å². The highest BCUT2D eigenvalue weighted by atomic mass is 79.9. The van der Waals surface area contributed by atoms with Crippen LogP contribution in [0.2, 0.25) is 0 Å². The second kappa shape index (κ2) is 3.86. The molecule has 0 spiro atoms. The van der Waals surface area contributed by atoms with Crippen molar-refractivity contribution in [3.63, 3.8) is 0 Å². The third-order valence-corrected chi connectivity index (χ3v) is 3.82. The molecule has 1 heterocycles. The van der Waals surface area contributed by atoms with Gasteiger partial charge in [0.25, 0.3) is 0 Å². The molecule has 4 heteroatoms. The van der Waals surface area contributed by atoms with Crippen LogP contribution in [-0.2, 0) is 6.54 Å². The van der Waals surface area contributed by atoms with Gasteiger partial charge in [-0.1, -0.05) is 0 Å². The Morgan fingerprint density at radius 3 is 3.00 bits per heavy atom. The number of hydrogen-bond donors (Lipinski definition) is 2. The average Bonchev–Trinajstić information content (AvgIpc) is 3.03. The van der Waals surface area contributed by atoms with Crippen LogP contribution in [0.5, 0.6) is 0 Å². The fraction of sp³-hybridized carbons (Fsp3) is 0.333. The zero-order valence-corrected chi connectivity index (χ0v) is 10.3. The lowest BCUT2D eigenvalue weighted by Crippen LogP contribution is -2.15. The first-order valence-corrected chi connectivity index (χ1v) is 6.22. The molecule has 0 unspecified atom stereocenters. The van der Waals surface area contributed by atoms with E-state index in [-0.39, 0.29) is 5.82 Å². The lowest BCUT2D eigenvalue weighted by molar-refractivity contribution is 0.629. The van der Waals surface area contributed by atoms with Gasteiger partial charge in [-0.15, -0.1) is 0 Å². The minimum atomic E-state index is -0.206. The van der Waals surface area contributed by atoms with Crippen molar-refractivity contribution < 1.29 is 4.39 Å². The number of nitrogens with one attached hydrogen (secondary N) is 2. The van der Waals surface area contributed by atoms with E-state index < -0.39 is 0 Å². The van der Waals surface area contributed by atoms with Crippen LogP contribution in [0.3, 0.4) is 0 Å². The molecule has 2 N–H and O–H groups in total. The van der Waals surface area contributed by atoms with E-state index in [2.05, 4.69) is 26.2 Å². The number of halogens is 2. The molecule has 0 amide bonds. The van der Waals surface area contributed by atoms with E-state index in [9.17, 15) is 4.39 Å². The number of hydrogen-bond acceptors (Lipinski definition) is 1. The van der Waals surface area contributed by atoms with E-state index in [4.69, 9.17) is 0 Å². The molecular weight excluding hydrogens is 271 g/mol. The normalized spacial score (nSPS) is 15.9. The van der Waals surface area contributed by atoms with Crippen LogP contribution < -0.4 is 5.32 Å². The molecule has 1 aliphatic rings. The van der Waals surface area contributed by atoms with Crippen molar-refractivity contribution in [1.29, 1.82) is 0 Å². The molecule has 3 rings (SSSR count). The molecule has 0 bridgehead atoms. The molecule has 0 radical (unpaired) electrons. The molecule has 0 atom stereocenters. The van der Waals surface area contributed by atoms with Gasteiger partial charge in [-0.2, -0.15) is 0 Å². The monoisotopic (exact) mass is 282 g/mol. The zero-order chi connectivity index (χ0) is 11.1. The molecule has 1 aromatic heterocycles. The maximum Gasteiger partial charge on any atom is 0.125 e. The third kappa shape index (κ3) is 1.87. The minimum Gasteiger partial charge on any atom is -0.356 e. The standard InChI is InChI=1S/C12H12BrFN2/c13-12-9-4-1-7(14)5-10(9)16-11(12)6-15-8-2-3-8/h1,4-5,8,15-16H,2-3,6H2. The van der Waals surface area contributed by atoms with Crippen LogP contribution in [-0.4, -0.2) is 11.0 Å². The topological polar surface area (TPSA) is 27.8 Å². The highest BCUT2D eigenvalue weighted by Crippen LogP contribution is 2.29. The summed E-state index contributed by atoms with van der Waals surface area (Å²) < 4.78 is 14.1. The smallest absolute Gasteiger partial charge is 0.125 e. The number of rotatable bonds is 3. The molecule has 2 nitrogen and oxygen atoms in total. The quantitative estimate of drug-likeness (QED) is 0.888. The van der Waals surface area contributed by atoms with E-state index >= 15 is 0 Å². The van der Waals surface area contributed by atoms with Crippen LogP contribution in [0, 0.1) is 5.82 Å². The van der Waals surface area contributed by atoms with E-state index in [0.29, 0.717) is 6.04 Å². The Bertz CT molecular complexity index is 531. The van der Waals surface area contributed by atoms with Gasteiger partial charge in [-0.05, 0) is 47.0 Å². The first-order valence-electron chi connectivity index (χ1n) is 5.43. The molecule has 1 aromatic carbocycles. The summed E-state index contributed by atoms with van der Waals surface area (Å²) in [6, 6.07) is 5.49. The van der Waals surface area contributed by atoms with Crippen molar-refractivity contribution in [2.45, 2.75) is 25.4 Å². The second-order valence-corrected chi connectivity index (χ2v) is 5.06. The molecule has 2 aromatic rings. The van der Waals surface area contributed by atoms with Gasteiger partial charge < -0.3 is 10.3 Å². The first-order chi connectivity index (χ1) is 7.74. The molecule has 0 aliphatic heterocycles. The van der Waals surface area contributed by atoms with Crippen molar-refractivity contribution in [3.05, 3.63) is 34.2 Å². The molecule has 1 aliphatic carbocycles. The Hall–Kier alpha value is -0.870. The first kappa shape index (κ1) is 10.3. The summed E-state index contributed by atoms with van der Waals surface area (Å²) in [6.45, 7) is 0.807. The highest BCUT2D eigenvalue weighted by molar-refractivity contribution is 9.10. The molecule has 16 heavy (non-hydrogen) atoms. The summed E-state index contributed by atoms with van der Waals surface area (Å²) in [4.78, 5) is 3.24. The summed E-state index contributed by atoms with van der Waals surface area (Å²) in [5.74, 6) is -0.206. The van der Waals surface area contributed by atoms with Gasteiger partial charge in [0, 0.05) is 33.7 Å². The lowest BCUT2D eigenvalue weighted by Gasteiger charge is -2.00. The minimum absolute atomic E-state index is 0.206. The van der Waals surface area contributed by atoms with E-state index in [0.717, 1.165) is 27.6 Å². The number of aromatic amines is 1. The summed E-state index contributed by atoms with van der Waals surface area (Å²) in [6.07, 6.45) is 2.54. The fourth-order valence-corrected chi connectivity index (χ4v) is 2.43. The van der Waals surface area contributed by atoms with Gasteiger partial charge in [-0.25, -0.2) is 4.39 Å². The second-order valence-electron chi connectivity index (χ2n) is 4.26. The number of H-pyrrole nitrogens is 1. The summed E-state index contributed by atoms with van der Waals surface area (Å²) >= 11 is 3.55. The summed E-state index contributed by atoms with van der Waals surface area (Å²) in [7, 11) is 0. The van der Waals surface area contributed by atoms with Crippen LogP contribution in [0.4, 0.5) is 4.39 Å². The largest absolute Gasteiger partial charge is 0.356 e. The highest BCUT2D eigenvalue weighted by Gasteiger charge is 2.21. The summed E-state index contributed by atoms with van der Waals surface area (Å²) in [5.41, 5.74) is 1.94. The van der Waals surface area contributed by atoms with Crippen LogP contribution >= 0.6 is 15.9 Å². The van der Waals surface area contributed by atoms with Gasteiger partial charge in [0.1, 0.15) is 5.82 Å². The Morgan fingerprint density at radius 2 is 2.25 bits per heavy atom. The lowest BCUT2D eigenvalue weighted by atomic mass is 10.2. The molecular formula is C12H12BrFN2. The van der Waals surface area contributed by atoms with E-state index in [1.807, 2.05) is 0 Å². The number of aromatic nitrogens is 1. The van der Waals surface area contributed by atoms with Gasteiger partial charge in [0.15, 0.2) is 0 Å². The Balaban J connectivity index is 1.94. The van der Waals surface area contributed by atoms with Gasteiger partial charge >= 0.3 is 0 Å². The summed E-state index contributed by atoms with van der Waals surface area (Å²) in [5, 5.41) is 4.47. The molecule has 0 saturated heterocycles. The van der Waals surface area contributed by atoms with E-state index in [1.54, 1.807) is 6.07 Å². The maximum absolute atomic E-state index is 13.1. The fourth-order valence-electron chi connectivity index (χ4n) is 1.85. The van der Waals surface area contributed by atoms with Crippen LogP contribution in [0.25, 0.3) is 10.9 Å². The van der Waals surface area contributed by atoms with Crippen LogP contribution in [0.1, 0.15) is 18.5 Å². The average molecular weight is 283 g/mol. The Labute approximate surface area is 101 Å². The Morgan fingerprint density at radius 1 is 1.44 bits per heavy atom. The Kier molecular flexibility index (Phi) is 2.48. The number of fused-ring (bicyclic) bond motifs is 1. The van der Waals surface area contributed by atoms with Crippen molar-refractivity contribution >= 4 is 26.8 Å². The molecule has 1 fully saturated rings. The van der Waals surface area contributed by atoms with Crippen molar-refractivity contribution in [2.75, 3.05) is 0 Å². The SMILES string of the molecule is Fc1ccc2c(Br)c(CNC3CC3)[nH]c2c1. The predicted molar refractivity (Wildman–Crippen MR) is 65.8 cm³/mol. The molecule has 1 saturated carbocycles. The molecule has 84 valence electrons. The third-order valence-electron chi connectivity index (χ3n) is 2.91. The van der Waals surface area contributed by atoms with Gasteiger partial charge in [0.2, 0.25) is 0 Å². The van der Waals surface area contributed by atoms with Crippen molar-refractivity contribution in [2.24, 2.45) is 0 Å². The van der Waals surface area contributed by atoms with Gasteiger partial charge in [-0.3, -0.25) is 0 Å². The van der Waals surface area contributed by atoms with Crippen molar-refractivity contribution in [3.8, 4) is 0 Å². The van der Waals surface area contributed by atoms with Crippen molar-refractivity contribution in [1.82, 2.24) is 10.3 Å². The van der Waals surface area contributed by atoms with Gasteiger partial charge in [0.05, 0.1) is 0 Å². The maximum atomic E-state index is 13.1. The number of benzene rings is 1. The zero-order valence-electron chi connectivity index (χ0n) is 8.69. The predicted octanol–water partition coefficient (Wildman–Crippen LogP) is 3.32. The van der Waals surface area contributed by atoms with E-state index in [1.165, 1.54) is 25.0 Å².